The third-order valence-corrected chi connectivity index (χ3v) is 3.65. The SMILES string of the molecule is COc1ccc(NC(=O)NCC(C)(O)CSC)c(OC)c1. The van der Waals surface area contributed by atoms with E-state index in [2.05, 4.69) is 10.6 Å². The highest BCUT2D eigenvalue weighted by Crippen LogP contribution is 2.28. The van der Waals surface area contributed by atoms with Crippen LogP contribution in [0.4, 0.5) is 10.5 Å². The summed E-state index contributed by atoms with van der Waals surface area (Å²) in [4.78, 5) is 11.9. The summed E-state index contributed by atoms with van der Waals surface area (Å²) < 4.78 is 10.3. The molecule has 6 nitrogen and oxygen atoms in total. The van der Waals surface area contributed by atoms with Crippen molar-refractivity contribution in [2.24, 2.45) is 0 Å². The highest BCUT2D eigenvalue weighted by molar-refractivity contribution is 7.98. The number of anilines is 1. The van der Waals surface area contributed by atoms with Crippen molar-refractivity contribution >= 4 is 23.5 Å². The molecule has 0 spiro atoms. The summed E-state index contributed by atoms with van der Waals surface area (Å²) >= 11 is 1.52. The fourth-order valence-electron chi connectivity index (χ4n) is 1.70. The first kappa shape index (κ1) is 17.5. The first-order valence-corrected chi connectivity index (χ1v) is 7.79. The van der Waals surface area contributed by atoms with Crippen molar-refractivity contribution in [3.63, 3.8) is 0 Å². The Bertz CT molecular complexity index is 480. The summed E-state index contributed by atoms with van der Waals surface area (Å²) in [6.07, 6.45) is 1.90. The average molecular weight is 314 g/mol. The fraction of sp³-hybridized carbons (Fsp3) is 0.500. The van der Waals surface area contributed by atoms with Gasteiger partial charge in [-0.1, -0.05) is 0 Å². The molecule has 7 heteroatoms. The summed E-state index contributed by atoms with van der Waals surface area (Å²) in [5, 5.41) is 15.3. The molecule has 0 saturated heterocycles. The maximum absolute atomic E-state index is 11.9. The van der Waals surface area contributed by atoms with Crippen LogP contribution in [0.1, 0.15) is 6.92 Å². The number of thioether (sulfide) groups is 1. The molecule has 1 rings (SSSR count). The van der Waals surface area contributed by atoms with Gasteiger partial charge in [-0.25, -0.2) is 4.79 Å². The molecule has 118 valence electrons. The van der Waals surface area contributed by atoms with Crippen LogP contribution in [-0.4, -0.2) is 49.5 Å². The van der Waals surface area contributed by atoms with Crippen LogP contribution >= 0.6 is 11.8 Å². The molecule has 1 atom stereocenters. The average Bonchev–Trinajstić information content (AvgIpc) is 2.45. The van der Waals surface area contributed by atoms with Gasteiger partial charge < -0.3 is 25.2 Å². The lowest BCUT2D eigenvalue weighted by molar-refractivity contribution is 0.0876. The number of hydrogen-bond donors (Lipinski definition) is 3. The molecule has 0 bridgehead atoms. The summed E-state index contributed by atoms with van der Waals surface area (Å²) in [7, 11) is 3.07. The highest BCUT2D eigenvalue weighted by atomic mass is 32.2. The molecule has 1 unspecified atom stereocenters. The van der Waals surface area contributed by atoms with E-state index in [1.54, 1.807) is 32.2 Å². The third-order valence-electron chi connectivity index (χ3n) is 2.74. The minimum atomic E-state index is -0.944. The molecule has 1 aromatic rings. The standard InChI is InChI=1S/C14H22N2O4S/c1-14(18,9-21-4)8-15-13(17)16-11-6-5-10(19-2)7-12(11)20-3/h5-7,18H,8-9H2,1-4H3,(H2,15,16,17). The molecular formula is C14H22N2O4S. The predicted molar refractivity (Wildman–Crippen MR) is 85.6 cm³/mol. The Morgan fingerprint density at radius 1 is 1.38 bits per heavy atom. The van der Waals surface area contributed by atoms with Crippen LogP contribution in [0.25, 0.3) is 0 Å². The molecule has 21 heavy (non-hydrogen) atoms. The third kappa shape index (κ3) is 5.73. The Hall–Kier alpha value is -1.60. The van der Waals surface area contributed by atoms with Gasteiger partial charge in [0.15, 0.2) is 0 Å². The lowest BCUT2D eigenvalue weighted by Crippen LogP contribution is -2.43. The van der Waals surface area contributed by atoms with E-state index in [1.165, 1.54) is 18.9 Å². The smallest absolute Gasteiger partial charge is 0.319 e. The number of carbonyl (C=O) groups excluding carboxylic acids is 1. The first-order chi connectivity index (χ1) is 9.91. The second-order valence-corrected chi connectivity index (χ2v) is 5.67. The number of aliphatic hydroxyl groups is 1. The second-order valence-electron chi connectivity index (χ2n) is 4.80. The molecule has 3 N–H and O–H groups in total. The number of nitrogens with one attached hydrogen (secondary N) is 2. The van der Waals surface area contributed by atoms with Crippen LogP contribution in [0.3, 0.4) is 0 Å². The lowest BCUT2D eigenvalue weighted by Gasteiger charge is -2.22. The molecule has 0 aliphatic heterocycles. The molecule has 0 saturated carbocycles. The van der Waals surface area contributed by atoms with E-state index < -0.39 is 11.6 Å². The van der Waals surface area contributed by atoms with Gasteiger partial charge in [0.25, 0.3) is 0 Å². The van der Waals surface area contributed by atoms with Crippen LogP contribution < -0.4 is 20.1 Å². The Balaban J connectivity index is 2.62. The van der Waals surface area contributed by atoms with Crippen LogP contribution in [0.2, 0.25) is 0 Å². The Labute approximate surface area is 129 Å². The van der Waals surface area contributed by atoms with Crippen LogP contribution in [0.15, 0.2) is 18.2 Å². The number of urea groups is 1. The summed E-state index contributed by atoms with van der Waals surface area (Å²) in [6.45, 7) is 1.84. The number of methoxy groups -OCH3 is 2. The molecule has 2 amide bonds. The lowest BCUT2D eigenvalue weighted by atomic mass is 10.1. The van der Waals surface area contributed by atoms with Crippen molar-refractivity contribution in [3.05, 3.63) is 18.2 Å². The van der Waals surface area contributed by atoms with Crippen LogP contribution in [-0.2, 0) is 0 Å². The zero-order valence-electron chi connectivity index (χ0n) is 12.7. The van der Waals surface area contributed by atoms with Gasteiger partial charge in [-0.05, 0) is 25.3 Å². The van der Waals surface area contributed by atoms with Gasteiger partial charge >= 0.3 is 6.03 Å². The molecule has 1 aromatic carbocycles. The Kier molecular flexibility index (Phi) is 6.64. The number of hydrogen-bond acceptors (Lipinski definition) is 5. The maximum atomic E-state index is 11.9. The van der Waals surface area contributed by atoms with Crippen molar-refractivity contribution in [1.29, 1.82) is 0 Å². The minimum Gasteiger partial charge on any atom is -0.497 e. The fourth-order valence-corrected chi connectivity index (χ4v) is 2.42. The Morgan fingerprint density at radius 3 is 2.67 bits per heavy atom. The van der Waals surface area contributed by atoms with E-state index in [1.807, 2.05) is 6.26 Å². The van der Waals surface area contributed by atoms with Gasteiger partial charge in [-0.2, -0.15) is 11.8 Å². The van der Waals surface area contributed by atoms with Crippen molar-refractivity contribution in [2.45, 2.75) is 12.5 Å². The highest BCUT2D eigenvalue weighted by Gasteiger charge is 2.20. The maximum Gasteiger partial charge on any atom is 0.319 e. The summed E-state index contributed by atoms with van der Waals surface area (Å²) in [5.41, 5.74) is -0.416. The minimum absolute atomic E-state index is 0.165. The van der Waals surface area contributed by atoms with Crippen LogP contribution in [0, 0.1) is 0 Å². The number of carbonyl (C=O) groups is 1. The molecule has 0 aliphatic rings. The number of amides is 2. The number of ether oxygens (including phenoxy) is 2. The zero-order chi connectivity index (χ0) is 15.9. The molecule has 0 aromatic heterocycles. The quantitative estimate of drug-likeness (QED) is 0.717. The zero-order valence-corrected chi connectivity index (χ0v) is 13.5. The monoisotopic (exact) mass is 314 g/mol. The Morgan fingerprint density at radius 2 is 2.10 bits per heavy atom. The van der Waals surface area contributed by atoms with Gasteiger partial charge in [0.05, 0.1) is 25.5 Å². The normalized spacial score (nSPS) is 13.2. The van der Waals surface area contributed by atoms with Crippen LogP contribution in [0.5, 0.6) is 11.5 Å². The van der Waals surface area contributed by atoms with E-state index in [0.717, 1.165) is 0 Å². The van der Waals surface area contributed by atoms with Gasteiger partial charge in [-0.3, -0.25) is 0 Å². The van der Waals surface area contributed by atoms with E-state index in [-0.39, 0.29) is 6.54 Å². The van der Waals surface area contributed by atoms with Gasteiger partial charge in [0.1, 0.15) is 11.5 Å². The van der Waals surface area contributed by atoms with E-state index >= 15 is 0 Å². The molecule has 0 aliphatic carbocycles. The van der Waals surface area contributed by atoms with E-state index in [9.17, 15) is 9.90 Å². The number of rotatable bonds is 7. The van der Waals surface area contributed by atoms with Gasteiger partial charge in [-0.15, -0.1) is 0 Å². The van der Waals surface area contributed by atoms with E-state index in [0.29, 0.717) is 22.9 Å². The summed E-state index contributed by atoms with van der Waals surface area (Å²) in [5.74, 6) is 1.68. The van der Waals surface area contributed by atoms with Crippen molar-refractivity contribution in [1.82, 2.24) is 5.32 Å². The number of benzene rings is 1. The van der Waals surface area contributed by atoms with Gasteiger partial charge in [0, 0.05) is 18.4 Å². The molecule has 0 heterocycles. The van der Waals surface area contributed by atoms with E-state index in [4.69, 9.17) is 9.47 Å². The molecular weight excluding hydrogens is 292 g/mol. The van der Waals surface area contributed by atoms with Gasteiger partial charge in [0.2, 0.25) is 0 Å². The molecule has 0 radical (unpaired) electrons. The largest absolute Gasteiger partial charge is 0.497 e. The summed E-state index contributed by atoms with van der Waals surface area (Å²) in [6, 6.07) is 4.69. The van der Waals surface area contributed by atoms with Crippen molar-refractivity contribution in [3.8, 4) is 11.5 Å². The second kappa shape index (κ2) is 7.99. The first-order valence-electron chi connectivity index (χ1n) is 6.40. The molecule has 0 fully saturated rings. The van der Waals surface area contributed by atoms with Crippen molar-refractivity contribution < 1.29 is 19.4 Å². The predicted octanol–water partition coefficient (Wildman–Crippen LogP) is 1.94. The topological polar surface area (TPSA) is 79.8 Å². The van der Waals surface area contributed by atoms with Crippen molar-refractivity contribution in [2.75, 3.05) is 38.1 Å².